The van der Waals surface area contributed by atoms with Crippen molar-refractivity contribution >= 4 is 43.2 Å². The average molecular weight is 432 g/mol. The minimum atomic E-state index is -0.378. The van der Waals surface area contributed by atoms with E-state index in [1.165, 1.54) is 12.1 Å². The fourth-order valence-electron chi connectivity index (χ4n) is 1.60. The second kappa shape index (κ2) is 9.26. The van der Waals surface area contributed by atoms with Gasteiger partial charge in [0.25, 0.3) is 11.4 Å². The number of hydrogen-bond donors (Lipinski definition) is 0. The summed E-state index contributed by atoms with van der Waals surface area (Å²) in [5.74, 6) is 0. The van der Waals surface area contributed by atoms with Crippen molar-refractivity contribution in [1.82, 2.24) is 0 Å². The number of alkyl halides is 2. The number of hydrogen-bond acceptors (Lipinski definition) is 4. The van der Waals surface area contributed by atoms with Crippen molar-refractivity contribution in [3.05, 3.63) is 79.9 Å². The molecular formula is C14H12Br2N2O4. The molecule has 0 aliphatic rings. The summed E-state index contributed by atoms with van der Waals surface area (Å²) in [5.41, 5.74) is 1.75. The number of rotatable bonds is 4. The van der Waals surface area contributed by atoms with E-state index >= 15 is 0 Å². The number of benzene rings is 2. The molecule has 2 rings (SSSR count). The van der Waals surface area contributed by atoms with Crippen molar-refractivity contribution in [2.24, 2.45) is 0 Å². The van der Waals surface area contributed by atoms with Gasteiger partial charge in [-0.05, 0) is 0 Å². The Morgan fingerprint density at radius 1 is 0.727 bits per heavy atom. The zero-order chi connectivity index (χ0) is 16.5. The van der Waals surface area contributed by atoms with Crippen LogP contribution in [0.15, 0.2) is 48.5 Å². The van der Waals surface area contributed by atoms with Crippen molar-refractivity contribution in [1.29, 1.82) is 0 Å². The third-order valence-electron chi connectivity index (χ3n) is 2.66. The molecule has 0 amide bonds. The van der Waals surface area contributed by atoms with E-state index in [-0.39, 0.29) is 21.2 Å². The molecular weight excluding hydrogens is 420 g/mol. The number of para-hydroxylation sites is 2. The van der Waals surface area contributed by atoms with Crippen LogP contribution in [0, 0.1) is 20.2 Å². The topological polar surface area (TPSA) is 86.3 Å². The van der Waals surface area contributed by atoms with Crippen LogP contribution in [0.4, 0.5) is 11.4 Å². The number of nitro groups is 2. The average Bonchev–Trinajstić information content (AvgIpc) is 2.55. The fourth-order valence-corrected chi connectivity index (χ4v) is 2.55. The highest BCUT2D eigenvalue weighted by molar-refractivity contribution is 9.08. The van der Waals surface area contributed by atoms with E-state index < -0.39 is 0 Å². The van der Waals surface area contributed by atoms with Crippen LogP contribution in [0.3, 0.4) is 0 Å². The van der Waals surface area contributed by atoms with E-state index in [0.29, 0.717) is 21.8 Å². The highest BCUT2D eigenvalue weighted by atomic mass is 79.9. The number of halogens is 2. The van der Waals surface area contributed by atoms with E-state index in [1.807, 2.05) is 0 Å². The van der Waals surface area contributed by atoms with E-state index in [0.717, 1.165) is 0 Å². The molecule has 0 aliphatic heterocycles. The standard InChI is InChI=1S/2C7H6BrNO2/c2*8-5-6-3-1-2-4-7(6)9(10)11/h2*1-4H,5H2. The maximum Gasteiger partial charge on any atom is 0.273 e. The Balaban J connectivity index is 0.000000220. The molecule has 2 aromatic carbocycles. The summed E-state index contributed by atoms with van der Waals surface area (Å²) in [4.78, 5) is 20.0. The van der Waals surface area contributed by atoms with Crippen LogP contribution in [0.25, 0.3) is 0 Å². The Labute approximate surface area is 143 Å². The van der Waals surface area contributed by atoms with Gasteiger partial charge in [-0.3, -0.25) is 20.2 Å². The maximum atomic E-state index is 10.4. The minimum absolute atomic E-state index is 0.171. The summed E-state index contributed by atoms with van der Waals surface area (Å²) >= 11 is 6.34. The minimum Gasteiger partial charge on any atom is -0.258 e. The van der Waals surface area contributed by atoms with Gasteiger partial charge in [-0.1, -0.05) is 68.3 Å². The summed E-state index contributed by atoms with van der Waals surface area (Å²) < 4.78 is 0. The summed E-state index contributed by atoms with van der Waals surface area (Å²) in [7, 11) is 0. The van der Waals surface area contributed by atoms with Crippen molar-refractivity contribution in [2.45, 2.75) is 10.7 Å². The predicted octanol–water partition coefficient (Wildman–Crippen LogP) is 4.98. The summed E-state index contributed by atoms with van der Waals surface area (Å²) in [6, 6.07) is 13.3. The molecule has 0 heterocycles. The van der Waals surface area contributed by atoms with E-state index in [1.54, 1.807) is 36.4 Å². The van der Waals surface area contributed by atoms with Gasteiger partial charge in [0.1, 0.15) is 0 Å². The van der Waals surface area contributed by atoms with Crippen LogP contribution in [0.5, 0.6) is 0 Å². The summed E-state index contributed by atoms with van der Waals surface area (Å²) in [5, 5.41) is 21.8. The van der Waals surface area contributed by atoms with Gasteiger partial charge in [-0.2, -0.15) is 0 Å². The van der Waals surface area contributed by atoms with Gasteiger partial charge in [0, 0.05) is 33.9 Å². The largest absolute Gasteiger partial charge is 0.273 e. The lowest BCUT2D eigenvalue weighted by Crippen LogP contribution is -1.91. The van der Waals surface area contributed by atoms with E-state index in [9.17, 15) is 20.2 Å². The Morgan fingerprint density at radius 2 is 1.05 bits per heavy atom. The van der Waals surface area contributed by atoms with Crippen molar-refractivity contribution < 1.29 is 9.85 Å². The molecule has 0 aliphatic carbocycles. The molecule has 0 spiro atoms. The SMILES string of the molecule is O=[N+]([O-])c1ccccc1CBr.O=[N+]([O-])c1ccccc1CBr. The monoisotopic (exact) mass is 430 g/mol. The van der Waals surface area contributed by atoms with Gasteiger partial charge < -0.3 is 0 Å². The fraction of sp³-hybridized carbons (Fsp3) is 0.143. The molecule has 0 saturated heterocycles. The summed E-state index contributed by atoms with van der Waals surface area (Å²) in [6.07, 6.45) is 0. The van der Waals surface area contributed by atoms with Gasteiger partial charge in [-0.25, -0.2) is 0 Å². The molecule has 2 aromatic rings. The van der Waals surface area contributed by atoms with Gasteiger partial charge in [0.2, 0.25) is 0 Å². The van der Waals surface area contributed by atoms with Gasteiger partial charge >= 0.3 is 0 Å². The normalized spacial score (nSPS) is 9.55. The molecule has 0 radical (unpaired) electrons. The van der Waals surface area contributed by atoms with Crippen LogP contribution >= 0.6 is 31.9 Å². The first kappa shape index (κ1) is 18.2. The van der Waals surface area contributed by atoms with Crippen molar-refractivity contribution in [2.75, 3.05) is 0 Å². The maximum absolute atomic E-state index is 10.4. The molecule has 0 saturated carbocycles. The molecule has 22 heavy (non-hydrogen) atoms. The van der Waals surface area contributed by atoms with Crippen LogP contribution < -0.4 is 0 Å². The highest BCUT2D eigenvalue weighted by Crippen LogP contribution is 2.20. The first-order valence-electron chi connectivity index (χ1n) is 6.07. The second-order valence-electron chi connectivity index (χ2n) is 4.04. The number of nitrogens with zero attached hydrogens (tertiary/aromatic N) is 2. The Bertz CT molecular complexity index is 607. The van der Waals surface area contributed by atoms with E-state index in [4.69, 9.17) is 0 Å². The molecule has 8 heteroatoms. The Hall–Kier alpha value is -1.80. The van der Waals surface area contributed by atoms with Crippen molar-refractivity contribution in [3.8, 4) is 0 Å². The third kappa shape index (κ3) is 5.19. The molecule has 6 nitrogen and oxygen atoms in total. The quantitative estimate of drug-likeness (QED) is 0.388. The number of nitro benzene ring substituents is 2. The van der Waals surface area contributed by atoms with Crippen LogP contribution in [0.1, 0.15) is 11.1 Å². The van der Waals surface area contributed by atoms with Gasteiger partial charge in [-0.15, -0.1) is 0 Å². The Kier molecular flexibility index (Phi) is 7.69. The van der Waals surface area contributed by atoms with Crippen LogP contribution in [-0.2, 0) is 10.7 Å². The molecule has 0 unspecified atom stereocenters. The molecule has 0 bridgehead atoms. The zero-order valence-corrected chi connectivity index (χ0v) is 14.5. The Morgan fingerprint density at radius 3 is 1.27 bits per heavy atom. The molecule has 0 fully saturated rings. The highest BCUT2D eigenvalue weighted by Gasteiger charge is 2.10. The first-order chi connectivity index (χ1) is 10.5. The molecule has 0 atom stereocenters. The first-order valence-corrected chi connectivity index (χ1v) is 8.32. The molecule has 0 N–H and O–H groups in total. The lowest BCUT2D eigenvalue weighted by atomic mass is 10.2. The third-order valence-corrected chi connectivity index (χ3v) is 3.87. The predicted molar refractivity (Wildman–Crippen MR) is 91.5 cm³/mol. The summed E-state index contributed by atoms with van der Waals surface area (Å²) in [6.45, 7) is 0. The lowest BCUT2D eigenvalue weighted by Gasteiger charge is -1.95. The van der Waals surface area contributed by atoms with Gasteiger partial charge in [0.05, 0.1) is 9.85 Å². The van der Waals surface area contributed by atoms with E-state index in [2.05, 4.69) is 31.9 Å². The smallest absolute Gasteiger partial charge is 0.258 e. The molecule has 116 valence electrons. The second-order valence-corrected chi connectivity index (χ2v) is 5.16. The van der Waals surface area contributed by atoms with Crippen LogP contribution in [0.2, 0.25) is 0 Å². The lowest BCUT2D eigenvalue weighted by molar-refractivity contribution is -0.385. The van der Waals surface area contributed by atoms with Crippen molar-refractivity contribution in [3.63, 3.8) is 0 Å². The molecule has 0 aromatic heterocycles. The zero-order valence-electron chi connectivity index (χ0n) is 11.3. The van der Waals surface area contributed by atoms with Gasteiger partial charge in [0.15, 0.2) is 0 Å². The van der Waals surface area contributed by atoms with Crippen LogP contribution in [-0.4, -0.2) is 9.85 Å².